The Balaban J connectivity index is 1.48. The number of aliphatic hydroxyl groups is 1. The first kappa shape index (κ1) is 20.9. The number of likely N-dealkylation sites (tertiary alicyclic amines) is 1. The summed E-state index contributed by atoms with van der Waals surface area (Å²) in [6.45, 7) is 8.28. The molecule has 1 amide bonds. The Morgan fingerprint density at radius 3 is 2.72 bits per heavy atom. The van der Waals surface area contributed by atoms with Crippen molar-refractivity contribution in [2.45, 2.75) is 58.6 Å². The number of hydrogen-bond acceptors (Lipinski definition) is 5. The minimum Gasteiger partial charge on any atom is -0.391 e. The van der Waals surface area contributed by atoms with Crippen molar-refractivity contribution in [2.75, 3.05) is 24.5 Å². The third kappa shape index (κ3) is 3.64. The molecule has 32 heavy (non-hydrogen) atoms. The van der Waals surface area contributed by atoms with Crippen molar-refractivity contribution < 1.29 is 9.90 Å². The maximum atomic E-state index is 13.5. The summed E-state index contributed by atoms with van der Waals surface area (Å²) >= 11 is 0. The SMILES string of the molecule is Cc1cn2nc([C@@H]3CCCCN3C(=O)c3cccc(C)c3C)cc2nc1N1CC[C@@H](O)C1. The molecule has 0 spiro atoms. The molecule has 2 aliphatic rings. The van der Waals surface area contributed by atoms with Gasteiger partial charge in [-0.25, -0.2) is 9.50 Å². The second kappa shape index (κ2) is 8.20. The van der Waals surface area contributed by atoms with E-state index in [2.05, 4.69) is 4.90 Å². The van der Waals surface area contributed by atoms with Gasteiger partial charge in [0, 0.05) is 43.0 Å². The summed E-state index contributed by atoms with van der Waals surface area (Å²) in [5.41, 5.74) is 5.68. The third-order valence-electron chi connectivity index (χ3n) is 7.03. The zero-order valence-electron chi connectivity index (χ0n) is 19.1. The van der Waals surface area contributed by atoms with Crippen LogP contribution in [0.3, 0.4) is 0 Å². The van der Waals surface area contributed by atoms with Gasteiger partial charge in [0.05, 0.1) is 17.8 Å². The van der Waals surface area contributed by atoms with E-state index < -0.39 is 0 Å². The molecular formula is C25H31N5O2. The van der Waals surface area contributed by atoms with Crippen LogP contribution in [0.25, 0.3) is 5.65 Å². The molecule has 5 rings (SSSR count). The first-order valence-corrected chi connectivity index (χ1v) is 11.6. The van der Waals surface area contributed by atoms with Gasteiger partial charge in [-0.15, -0.1) is 0 Å². The van der Waals surface area contributed by atoms with E-state index in [4.69, 9.17) is 10.1 Å². The van der Waals surface area contributed by atoms with Crippen LogP contribution in [-0.2, 0) is 0 Å². The highest BCUT2D eigenvalue weighted by Crippen LogP contribution is 2.33. The molecule has 1 N–H and O–H groups in total. The van der Waals surface area contributed by atoms with Crippen LogP contribution in [0.4, 0.5) is 5.82 Å². The van der Waals surface area contributed by atoms with Crippen molar-refractivity contribution >= 4 is 17.4 Å². The van der Waals surface area contributed by atoms with Crippen molar-refractivity contribution in [1.29, 1.82) is 0 Å². The number of rotatable bonds is 3. The largest absolute Gasteiger partial charge is 0.391 e. The number of aromatic nitrogens is 3. The lowest BCUT2D eigenvalue weighted by atomic mass is 9.96. The molecule has 2 fully saturated rings. The van der Waals surface area contributed by atoms with E-state index in [1.807, 2.05) is 60.6 Å². The lowest BCUT2D eigenvalue weighted by molar-refractivity contribution is 0.0605. The molecule has 2 atom stereocenters. The molecule has 0 saturated carbocycles. The van der Waals surface area contributed by atoms with Crippen LogP contribution in [0.2, 0.25) is 0 Å². The molecule has 2 saturated heterocycles. The van der Waals surface area contributed by atoms with E-state index in [-0.39, 0.29) is 18.1 Å². The number of hydrogen-bond donors (Lipinski definition) is 1. The summed E-state index contributed by atoms with van der Waals surface area (Å²) in [4.78, 5) is 22.5. The quantitative estimate of drug-likeness (QED) is 0.683. The molecule has 7 heteroatoms. The average molecular weight is 434 g/mol. The maximum absolute atomic E-state index is 13.5. The van der Waals surface area contributed by atoms with Crippen molar-refractivity contribution in [2.24, 2.45) is 0 Å². The second-order valence-corrected chi connectivity index (χ2v) is 9.27. The number of piperidine rings is 1. The van der Waals surface area contributed by atoms with Crippen LogP contribution in [0.15, 0.2) is 30.5 Å². The fraction of sp³-hybridized carbons (Fsp3) is 0.480. The number of nitrogens with zero attached hydrogens (tertiary/aromatic N) is 5. The molecule has 2 aromatic heterocycles. The number of amides is 1. The van der Waals surface area contributed by atoms with Gasteiger partial charge in [-0.2, -0.15) is 5.10 Å². The van der Waals surface area contributed by atoms with Crippen molar-refractivity contribution in [1.82, 2.24) is 19.5 Å². The van der Waals surface area contributed by atoms with Gasteiger partial charge in [-0.05, 0) is 63.6 Å². The number of anilines is 1. The summed E-state index contributed by atoms with van der Waals surface area (Å²) in [6.07, 6.45) is 5.49. The Morgan fingerprint density at radius 1 is 1.09 bits per heavy atom. The predicted octanol–water partition coefficient (Wildman–Crippen LogP) is 3.59. The number of carbonyl (C=O) groups is 1. The van der Waals surface area contributed by atoms with Crippen LogP contribution in [-0.4, -0.2) is 56.2 Å². The Bertz CT molecular complexity index is 1170. The van der Waals surface area contributed by atoms with E-state index in [9.17, 15) is 9.90 Å². The number of β-amino-alcohol motifs (C(OH)–C–C–N with tert-alkyl or cyclic N) is 1. The third-order valence-corrected chi connectivity index (χ3v) is 7.03. The summed E-state index contributed by atoms with van der Waals surface area (Å²) in [5.74, 6) is 0.997. The maximum Gasteiger partial charge on any atom is 0.254 e. The van der Waals surface area contributed by atoms with Crippen molar-refractivity contribution in [3.05, 3.63) is 58.4 Å². The van der Waals surface area contributed by atoms with E-state index in [1.165, 1.54) is 0 Å². The minimum absolute atomic E-state index is 0.0461. The summed E-state index contributed by atoms with van der Waals surface area (Å²) in [5, 5.41) is 14.8. The van der Waals surface area contributed by atoms with E-state index in [0.717, 1.165) is 78.2 Å². The molecule has 1 aromatic carbocycles. The van der Waals surface area contributed by atoms with Crippen molar-refractivity contribution in [3.63, 3.8) is 0 Å². The topological polar surface area (TPSA) is 74.0 Å². The van der Waals surface area contributed by atoms with Gasteiger partial charge >= 0.3 is 0 Å². The Kier molecular flexibility index (Phi) is 5.37. The number of benzene rings is 1. The van der Waals surface area contributed by atoms with Gasteiger partial charge in [-0.3, -0.25) is 4.79 Å². The molecular weight excluding hydrogens is 402 g/mol. The zero-order valence-corrected chi connectivity index (χ0v) is 19.1. The molecule has 0 bridgehead atoms. The van der Waals surface area contributed by atoms with Gasteiger partial charge < -0.3 is 14.9 Å². The van der Waals surface area contributed by atoms with E-state index in [0.29, 0.717) is 6.54 Å². The highest BCUT2D eigenvalue weighted by atomic mass is 16.3. The first-order valence-electron chi connectivity index (χ1n) is 11.6. The fourth-order valence-corrected chi connectivity index (χ4v) is 5.06. The summed E-state index contributed by atoms with van der Waals surface area (Å²) in [7, 11) is 0. The molecule has 0 aliphatic carbocycles. The van der Waals surface area contributed by atoms with Crippen LogP contribution >= 0.6 is 0 Å². The summed E-state index contributed by atoms with van der Waals surface area (Å²) in [6, 6.07) is 7.92. The van der Waals surface area contributed by atoms with Gasteiger partial charge in [0.1, 0.15) is 5.82 Å². The number of fused-ring (bicyclic) bond motifs is 1. The molecule has 0 unspecified atom stereocenters. The average Bonchev–Trinajstić information content (AvgIpc) is 3.40. The second-order valence-electron chi connectivity index (χ2n) is 9.27. The lowest BCUT2D eigenvalue weighted by Gasteiger charge is -2.35. The number of aryl methyl sites for hydroxylation is 2. The van der Waals surface area contributed by atoms with Crippen LogP contribution < -0.4 is 4.90 Å². The van der Waals surface area contributed by atoms with Gasteiger partial charge in [0.25, 0.3) is 5.91 Å². The molecule has 2 aliphatic heterocycles. The highest BCUT2D eigenvalue weighted by molar-refractivity contribution is 5.96. The zero-order chi connectivity index (χ0) is 22.4. The molecule has 4 heterocycles. The van der Waals surface area contributed by atoms with Crippen LogP contribution in [0.1, 0.15) is 64.5 Å². The lowest BCUT2D eigenvalue weighted by Crippen LogP contribution is -2.39. The molecule has 168 valence electrons. The Hall–Kier alpha value is -2.93. The molecule has 7 nitrogen and oxygen atoms in total. The van der Waals surface area contributed by atoms with Gasteiger partial charge in [0.15, 0.2) is 5.65 Å². The van der Waals surface area contributed by atoms with E-state index in [1.54, 1.807) is 0 Å². The van der Waals surface area contributed by atoms with Crippen molar-refractivity contribution in [3.8, 4) is 0 Å². The fourth-order valence-electron chi connectivity index (χ4n) is 5.06. The minimum atomic E-state index is -0.292. The van der Waals surface area contributed by atoms with Gasteiger partial charge in [-0.1, -0.05) is 12.1 Å². The van der Waals surface area contributed by atoms with E-state index >= 15 is 0 Å². The molecule has 3 aromatic rings. The first-order chi connectivity index (χ1) is 15.4. The Labute approximate surface area is 188 Å². The monoisotopic (exact) mass is 433 g/mol. The normalized spacial score (nSPS) is 21.5. The van der Waals surface area contributed by atoms with Crippen LogP contribution in [0.5, 0.6) is 0 Å². The predicted molar refractivity (Wildman–Crippen MR) is 124 cm³/mol. The standard InChI is InChI=1S/C25H31N5O2/c1-16-7-6-8-20(18(16)3)25(32)29-11-5-4-9-22(29)21-13-23-26-24(17(2)14-30(23)27-21)28-12-10-19(31)15-28/h6-8,13-14,19,22,31H,4-5,9-12,15H2,1-3H3/t19-,22+/m1/s1. The smallest absolute Gasteiger partial charge is 0.254 e. The number of carbonyl (C=O) groups excluding carboxylic acids is 1. The van der Waals surface area contributed by atoms with Crippen LogP contribution in [0, 0.1) is 20.8 Å². The Morgan fingerprint density at radius 2 is 1.94 bits per heavy atom. The summed E-state index contributed by atoms with van der Waals surface area (Å²) < 4.78 is 1.83. The number of aliphatic hydroxyl groups excluding tert-OH is 1. The molecule has 0 radical (unpaired) electrons. The highest BCUT2D eigenvalue weighted by Gasteiger charge is 2.32. The van der Waals surface area contributed by atoms with Gasteiger partial charge in [0.2, 0.25) is 0 Å².